The van der Waals surface area contributed by atoms with Gasteiger partial charge in [0.25, 0.3) is 0 Å². The van der Waals surface area contributed by atoms with Crippen LogP contribution in [0.15, 0.2) is 60.8 Å². The molecule has 0 bridgehead atoms. The Morgan fingerprint density at radius 3 is 2.76 bits per heavy atom. The zero-order valence-corrected chi connectivity index (χ0v) is 19.5. The Balaban J connectivity index is 1.36. The van der Waals surface area contributed by atoms with Crippen LogP contribution in [0.25, 0.3) is 0 Å². The first-order valence-corrected chi connectivity index (χ1v) is 11.6. The van der Waals surface area contributed by atoms with Gasteiger partial charge >= 0.3 is 0 Å². The number of nitrogens with one attached hydrogen (secondary N) is 1. The van der Waals surface area contributed by atoms with Crippen molar-refractivity contribution in [2.24, 2.45) is 0 Å². The van der Waals surface area contributed by atoms with Crippen molar-refractivity contribution in [2.75, 3.05) is 26.7 Å². The number of piperidine rings is 1. The van der Waals surface area contributed by atoms with Gasteiger partial charge in [0.05, 0.1) is 25.9 Å². The highest BCUT2D eigenvalue weighted by molar-refractivity contribution is 5.78. The number of hydrogen-bond acceptors (Lipinski definition) is 5. The molecule has 4 rings (SSSR count). The van der Waals surface area contributed by atoms with Crippen molar-refractivity contribution in [3.63, 3.8) is 0 Å². The van der Waals surface area contributed by atoms with Crippen molar-refractivity contribution in [1.29, 1.82) is 0 Å². The summed E-state index contributed by atoms with van der Waals surface area (Å²) in [4.78, 5) is 23.8. The lowest BCUT2D eigenvalue weighted by molar-refractivity contribution is -0.122. The summed E-state index contributed by atoms with van der Waals surface area (Å²) in [5.74, 6) is 1.26. The second kappa shape index (κ2) is 11.1. The zero-order chi connectivity index (χ0) is 23.0. The van der Waals surface area contributed by atoms with E-state index in [-0.39, 0.29) is 5.91 Å². The maximum Gasteiger partial charge on any atom is 0.234 e. The summed E-state index contributed by atoms with van der Waals surface area (Å²) in [6, 6.07) is 18.4. The highest BCUT2D eigenvalue weighted by Crippen LogP contribution is 2.27. The van der Waals surface area contributed by atoms with Gasteiger partial charge in [-0.05, 0) is 80.3 Å². The molecule has 1 atom stereocenters. The average molecular weight is 445 g/mol. The van der Waals surface area contributed by atoms with E-state index in [9.17, 15) is 4.79 Å². The van der Waals surface area contributed by atoms with Gasteiger partial charge in [-0.2, -0.15) is 0 Å². The number of hydrogen-bond donors (Lipinski definition) is 1. The predicted octanol–water partition coefficient (Wildman–Crippen LogP) is 3.88. The number of carbonyl (C=O) groups excluding carboxylic acids is 1. The van der Waals surface area contributed by atoms with E-state index in [1.165, 1.54) is 11.1 Å². The van der Waals surface area contributed by atoms with E-state index in [1.54, 1.807) is 13.3 Å². The third-order valence-electron chi connectivity index (χ3n) is 6.08. The van der Waals surface area contributed by atoms with Gasteiger partial charge in [0, 0.05) is 30.0 Å². The van der Waals surface area contributed by atoms with E-state index in [0.717, 1.165) is 55.2 Å². The van der Waals surface area contributed by atoms with Crippen molar-refractivity contribution in [2.45, 2.75) is 38.6 Å². The van der Waals surface area contributed by atoms with E-state index in [1.807, 2.05) is 30.3 Å². The van der Waals surface area contributed by atoms with Crippen molar-refractivity contribution >= 4 is 5.91 Å². The van der Waals surface area contributed by atoms with Crippen LogP contribution in [0, 0.1) is 6.92 Å². The van der Waals surface area contributed by atoms with E-state index < -0.39 is 0 Å². The van der Waals surface area contributed by atoms with Gasteiger partial charge in [0.15, 0.2) is 0 Å². The fourth-order valence-electron chi connectivity index (χ4n) is 4.45. The second-order valence-electron chi connectivity index (χ2n) is 8.74. The van der Waals surface area contributed by atoms with Crippen LogP contribution in [0.5, 0.6) is 5.75 Å². The minimum atomic E-state index is 0.0405. The molecule has 6 heteroatoms. The molecule has 1 unspecified atom stereocenters. The fourth-order valence-corrected chi connectivity index (χ4v) is 4.45. The molecule has 33 heavy (non-hydrogen) atoms. The molecule has 6 nitrogen and oxygen atoms in total. The number of ether oxygens (including phenoxy) is 1. The Morgan fingerprint density at radius 1 is 1.15 bits per heavy atom. The van der Waals surface area contributed by atoms with Gasteiger partial charge in [-0.1, -0.05) is 18.2 Å². The van der Waals surface area contributed by atoms with Gasteiger partial charge in [-0.25, -0.2) is 0 Å². The molecule has 0 aliphatic carbocycles. The summed E-state index contributed by atoms with van der Waals surface area (Å²) in [5, 5.41) is 2.99. The van der Waals surface area contributed by atoms with Gasteiger partial charge in [0.1, 0.15) is 5.75 Å². The molecule has 0 spiro atoms. The van der Waals surface area contributed by atoms with Crippen LogP contribution in [-0.2, 0) is 17.8 Å². The smallest absolute Gasteiger partial charge is 0.234 e. The summed E-state index contributed by atoms with van der Waals surface area (Å²) in [6.45, 7) is 4.74. The number of aromatic nitrogens is 2. The number of nitrogens with zero attached hydrogens (tertiary/aromatic N) is 3. The monoisotopic (exact) mass is 444 g/mol. The Hall–Kier alpha value is -3.25. The first-order chi connectivity index (χ1) is 16.1. The predicted molar refractivity (Wildman–Crippen MR) is 129 cm³/mol. The Bertz CT molecular complexity index is 1050. The van der Waals surface area contributed by atoms with Gasteiger partial charge in [0.2, 0.25) is 5.91 Å². The average Bonchev–Trinajstić information content (AvgIpc) is 2.84. The standard InChI is InChI=1S/C27H32N4O2/c1-20-14-22(15-21-8-10-25(33-2)11-9-21)16-26(30-20)23-6-5-13-31(18-23)19-27(32)29-17-24-7-3-4-12-28-24/h3-4,7-12,14,16,23H,5-6,13,15,17-19H2,1-2H3,(H,29,32). The van der Waals surface area contributed by atoms with E-state index in [2.05, 4.69) is 46.4 Å². The Morgan fingerprint density at radius 2 is 2.00 bits per heavy atom. The normalized spacial score (nSPS) is 16.4. The molecule has 0 saturated carbocycles. The molecule has 1 aliphatic rings. The number of amides is 1. The molecule has 3 heterocycles. The number of carbonyl (C=O) groups is 1. The molecule has 172 valence electrons. The largest absolute Gasteiger partial charge is 0.497 e. The fraction of sp³-hybridized carbons (Fsp3) is 0.370. The zero-order valence-electron chi connectivity index (χ0n) is 19.5. The molecule has 0 radical (unpaired) electrons. The summed E-state index contributed by atoms with van der Waals surface area (Å²) in [5.41, 5.74) is 5.57. The minimum absolute atomic E-state index is 0.0405. The van der Waals surface area contributed by atoms with Gasteiger partial charge < -0.3 is 10.1 Å². The molecule has 1 aliphatic heterocycles. The van der Waals surface area contributed by atoms with E-state index >= 15 is 0 Å². The van der Waals surface area contributed by atoms with Crippen LogP contribution in [0.2, 0.25) is 0 Å². The Labute approximate surface area is 196 Å². The highest BCUT2D eigenvalue weighted by atomic mass is 16.5. The number of methoxy groups -OCH3 is 1. The maximum atomic E-state index is 12.5. The molecular weight excluding hydrogens is 412 g/mol. The summed E-state index contributed by atoms with van der Waals surface area (Å²) < 4.78 is 5.27. The first-order valence-electron chi connectivity index (χ1n) is 11.6. The number of aryl methyl sites for hydroxylation is 1. The van der Waals surface area contributed by atoms with Crippen LogP contribution in [0.1, 0.15) is 47.0 Å². The number of likely N-dealkylation sites (tertiary alicyclic amines) is 1. The van der Waals surface area contributed by atoms with Crippen molar-refractivity contribution < 1.29 is 9.53 Å². The summed E-state index contributed by atoms with van der Waals surface area (Å²) in [6.07, 6.45) is 4.79. The van der Waals surface area contributed by atoms with Crippen molar-refractivity contribution in [3.05, 3.63) is 89.0 Å². The van der Waals surface area contributed by atoms with Crippen LogP contribution in [-0.4, -0.2) is 47.5 Å². The van der Waals surface area contributed by atoms with Crippen LogP contribution in [0.4, 0.5) is 0 Å². The SMILES string of the molecule is COc1ccc(Cc2cc(C)nc(C3CCCN(CC(=O)NCc4ccccn4)C3)c2)cc1. The lowest BCUT2D eigenvalue weighted by Gasteiger charge is -2.32. The molecule has 2 aromatic heterocycles. The van der Waals surface area contributed by atoms with Crippen LogP contribution < -0.4 is 10.1 Å². The molecular formula is C27H32N4O2. The third-order valence-corrected chi connectivity index (χ3v) is 6.08. The highest BCUT2D eigenvalue weighted by Gasteiger charge is 2.24. The van der Waals surface area contributed by atoms with Crippen LogP contribution >= 0.6 is 0 Å². The van der Waals surface area contributed by atoms with Gasteiger partial charge in [-0.15, -0.1) is 0 Å². The molecule has 3 aromatic rings. The third kappa shape index (κ3) is 6.62. The number of rotatable bonds is 8. The molecule has 1 aromatic carbocycles. The molecule has 1 amide bonds. The summed E-state index contributed by atoms with van der Waals surface area (Å²) >= 11 is 0. The lowest BCUT2D eigenvalue weighted by Crippen LogP contribution is -2.42. The number of benzene rings is 1. The molecule has 1 saturated heterocycles. The van der Waals surface area contributed by atoms with Crippen LogP contribution in [0.3, 0.4) is 0 Å². The molecule has 1 N–H and O–H groups in total. The maximum absolute atomic E-state index is 12.5. The number of pyridine rings is 2. The molecule has 1 fully saturated rings. The Kier molecular flexibility index (Phi) is 7.68. The second-order valence-corrected chi connectivity index (χ2v) is 8.74. The first kappa shape index (κ1) is 22.9. The quantitative estimate of drug-likeness (QED) is 0.571. The van der Waals surface area contributed by atoms with Crippen molar-refractivity contribution in [1.82, 2.24) is 20.2 Å². The van der Waals surface area contributed by atoms with Crippen molar-refractivity contribution in [3.8, 4) is 5.75 Å². The topological polar surface area (TPSA) is 67.3 Å². The lowest BCUT2D eigenvalue weighted by atomic mass is 9.92. The van der Waals surface area contributed by atoms with E-state index in [4.69, 9.17) is 9.72 Å². The van der Waals surface area contributed by atoms with Gasteiger partial charge in [-0.3, -0.25) is 19.7 Å². The summed E-state index contributed by atoms with van der Waals surface area (Å²) in [7, 11) is 1.69. The van der Waals surface area contributed by atoms with E-state index in [0.29, 0.717) is 19.0 Å². The minimum Gasteiger partial charge on any atom is -0.497 e.